The quantitative estimate of drug-likeness (QED) is 0.749. The van der Waals surface area contributed by atoms with Crippen LogP contribution in [0, 0.1) is 37.5 Å². The minimum Gasteiger partial charge on any atom is -0.457 e. The first-order chi connectivity index (χ1) is 13.0. The Morgan fingerprint density at radius 2 is 1.37 bits per heavy atom. The van der Waals surface area contributed by atoms with Crippen LogP contribution in [0.3, 0.4) is 0 Å². The van der Waals surface area contributed by atoms with Gasteiger partial charge in [0.15, 0.2) is 0 Å². The predicted octanol–water partition coefficient (Wildman–Crippen LogP) is 4.63. The van der Waals surface area contributed by atoms with Crippen LogP contribution in [-0.2, 0) is 9.59 Å². The second kappa shape index (κ2) is 5.95. The highest BCUT2D eigenvalue weighted by atomic mass is 16.5. The molecule has 0 N–H and O–H groups in total. The number of imide groups is 1. The Kier molecular flexibility index (Phi) is 3.64. The van der Waals surface area contributed by atoms with Gasteiger partial charge in [-0.3, -0.25) is 14.5 Å². The van der Waals surface area contributed by atoms with E-state index in [0.717, 1.165) is 36.1 Å². The molecule has 0 spiro atoms. The van der Waals surface area contributed by atoms with Crippen molar-refractivity contribution in [3.8, 4) is 11.5 Å². The van der Waals surface area contributed by atoms with E-state index in [1.54, 1.807) is 0 Å². The van der Waals surface area contributed by atoms with Gasteiger partial charge in [0.1, 0.15) is 11.5 Å². The van der Waals surface area contributed by atoms with Crippen LogP contribution in [0.4, 0.5) is 5.69 Å². The first-order valence-corrected chi connectivity index (χ1v) is 9.75. The number of aryl methyl sites for hydroxylation is 2. The summed E-state index contributed by atoms with van der Waals surface area (Å²) < 4.78 is 5.94. The number of anilines is 1. The van der Waals surface area contributed by atoms with E-state index in [1.165, 1.54) is 4.90 Å². The van der Waals surface area contributed by atoms with Crippen LogP contribution in [0.2, 0.25) is 0 Å². The molecule has 1 saturated heterocycles. The Bertz CT molecular complexity index is 885. The summed E-state index contributed by atoms with van der Waals surface area (Å²) in [5, 5.41) is 0. The van der Waals surface area contributed by atoms with Crippen molar-refractivity contribution in [2.45, 2.75) is 33.1 Å². The molecular formula is C23H23NO3. The Balaban J connectivity index is 1.38. The third-order valence-electron chi connectivity index (χ3n) is 6.45. The molecule has 2 aromatic carbocycles. The first-order valence-electron chi connectivity index (χ1n) is 9.75. The highest BCUT2D eigenvalue weighted by Gasteiger charge is 2.61. The third-order valence-corrected chi connectivity index (χ3v) is 6.45. The molecule has 2 aromatic rings. The molecule has 0 radical (unpaired) electrons. The number of hydrogen-bond acceptors (Lipinski definition) is 3. The first kappa shape index (κ1) is 16.5. The summed E-state index contributed by atoms with van der Waals surface area (Å²) in [5.41, 5.74) is 2.96. The zero-order valence-electron chi connectivity index (χ0n) is 15.6. The number of benzene rings is 2. The summed E-state index contributed by atoms with van der Waals surface area (Å²) in [6.07, 6.45) is 3.26. The fraction of sp³-hybridized carbons (Fsp3) is 0.391. The van der Waals surface area contributed by atoms with Crippen LogP contribution >= 0.6 is 0 Å². The van der Waals surface area contributed by atoms with Gasteiger partial charge in [0.2, 0.25) is 11.8 Å². The van der Waals surface area contributed by atoms with Gasteiger partial charge in [0.05, 0.1) is 17.5 Å². The average Bonchev–Trinajstić information content (AvgIpc) is 3.29. The Hall–Kier alpha value is -2.62. The van der Waals surface area contributed by atoms with E-state index in [9.17, 15) is 9.59 Å². The number of fused-ring (bicyclic) bond motifs is 5. The molecular weight excluding hydrogens is 338 g/mol. The number of carbonyl (C=O) groups is 2. The number of carbonyl (C=O) groups excluding carboxylic acids is 2. The molecule has 2 bridgehead atoms. The zero-order valence-corrected chi connectivity index (χ0v) is 15.6. The third kappa shape index (κ3) is 2.58. The van der Waals surface area contributed by atoms with E-state index in [2.05, 4.69) is 6.07 Å². The second-order valence-electron chi connectivity index (χ2n) is 8.32. The summed E-state index contributed by atoms with van der Waals surface area (Å²) >= 11 is 0. The topological polar surface area (TPSA) is 46.6 Å². The van der Waals surface area contributed by atoms with E-state index in [1.807, 2.05) is 50.2 Å². The van der Waals surface area contributed by atoms with E-state index < -0.39 is 0 Å². The maximum Gasteiger partial charge on any atom is 0.237 e. The normalized spacial score (nSPS) is 28.7. The van der Waals surface area contributed by atoms with Gasteiger partial charge >= 0.3 is 0 Å². The molecule has 2 aliphatic carbocycles. The Morgan fingerprint density at radius 3 is 1.93 bits per heavy atom. The molecule has 2 saturated carbocycles. The SMILES string of the molecule is Cc1cc(C)cc(Oc2ccc(N3C(=O)[C@@H]4[C@H]5CC[C@@H](C5)[C@H]4C3=O)cc2)c1. The maximum absolute atomic E-state index is 12.9. The van der Waals surface area contributed by atoms with Crippen molar-refractivity contribution in [1.29, 1.82) is 0 Å². The molecule has 4 atom stereocenters. The minimum absolute atomic E-state index is 0.000164. The lowest BCUT2D eigenvalue weighted by Gasteiger charge is -2.19. The Labute approximate surface area is 159 Å². The predicted molar refractivity (Wildman–Crippen MR) is 103 cm³/mol. The summed E-state index contributed by atoms with van der Waals surface area (Å²) in [4.78, 5) is 27.2. The van der Waals surface area contributed by atoms with Crippen molar-refractivity contribution in [3.05, 3.63) is 53.6 Å². The number of hydrogen-bond donors (Lipinski definition) is 0. The molecule has 3 fully saturated rings. The standard InChI is InChI=1S/C23H23NO3/c1-13-9-14(2)11-19(10-13)27-18-7-5-17(6-8-18)24-22(25)20-15-3-4-16(12-15)21(20)23(24)26/h5-11,15-16,20-21H,3-4,12H2,1-2H3/t15-,16-,20+,21+/m0/s1. The highest BCUT2D eigenvalue weighted by molar-refractivity contribution is 6.22. The van der Waals surface area contributed by atoms with E-state index in [0.29, 0.717) is 23.3 Å². The molecule has 138 valence electrons. The van der Waals surface area contributed by atoms with Crippen molar-refractivity contribution in [2.24, 2.45) is 23.7 Å². The number of amides is 2. The Morgan fingerprint density at radius 1 is 0.815 bits per heavy atom. The van der Waals surface area contributed by atoms with Gasteiger partial charge in [-0.05, 0) is 92.5 Å². The van der Waals surface area contributed by atoms with Gasteiger partial charge in [-0.2, -0.15) is 0 Å². The summed E-state index contributed by atoms with van der Waals surface area (Å²) in [5.74, 6) is 2.15. The lowest BCUT2D eigenvalue weighted by atomic mass is 9.81. The molecule has 0 aromatic heterocycles. The molecule has 4 heteroatoms. The van der Waals surface area contributed by atoms with Crippen molar-refractivity contribution < 1.29 is 14.3 Å². The van der Waals surface area contributed by atoms with E-state index in [-0.39, 0.29) is 23.7 Å². The van der Waals surface area contributed by atoms with E-state index >= 15 is 0 Å². The van der Waals surface area contributed by atoms with Crippen LogP contribution in [0.1, 0.15) is 30.4 Å². The van der Waals surface area contributed by atoms with Crippen molar-refractivity contribution in [1.82, 2.24) is 0 Å². The van der Waals surface area contributed by atoms with Crippen molar-refractivity contribution >= 4 is 17.5 Å². The van der Waals surface area contributed by atoms with Crippen molar-refractivity contribution in [3.63, 3.8) is 0 Å². The van der Waals surface area contributed by atoms with Crippen molar-refractivity contribution in [2.75, 3.05) is 4.90 Å². The van der Waals surface area contributed by atoms with Gasteiger partial charge in [-0.25, -0.2) is 0 Å². The van der Waals surface area contributed by atoms with Gasteiger partial charge < -0.3 is 4.74 Å². The molecule has 1 heterocycles. The fourth-order valence-corrected chi connectivity index (χ4v) is 5.45. The number of rotatable bonds is 3. The lowest BCUT2D eigenvalue weighted by Crippen LogP contribution is -2.32. The zero-order chi connectivity index (χ0) is 18.7. The average molecular weight is 361 g/mol. The largest absolute Gasteiger partial charge is 0.457 e. The second-order valence-corrected chi connectivity index (χ2v) is 8.32. The van der Waals surface area contributed by atoms with Crippen LogP contribution < -0.4 is 9.64 Å². The molecule has 4 nitrogen and oxygen atoms in total. The van der Waals surface area contributed by atoms with Gasteiger partial charge in [0.25, 0.3) is 0 Å². The summed E-state index contributed by atoms with van der Waals surface area (Å²) in [6.45, 7) is 4.08. The van der Waals surface area contributed by atoms with E-state index in [4.69, 9.17) is 4.74 Å². The summed E-state index contributed by atoms with van der Waals surface area (Å²) in [6, 6.07) is 13.4. The molecule has 1 aliphatic heterocycles. The van der Waals surface area contributed by atoms with Gasteiger partial charge in [0, 0.05) is 0 Å². The van der Waals surface area contributed by atoms with Crippen LogP contribution in [0.15, 0.2) is 42.5 Å². The van der Waals surface area contributed by atoms with Gasteiger partial charge in [-0.1, -0.05) is 6.07 Å². The van der Waals surface area contributed by atoms with Crippen LogP contribution in [-0.4, -0.2) is 11.8 Å². The smallest absolute Gasteiger partial charge is 0.237 e. The molecule has 3 aliphatic rings. The maximum atomic E-state index is 12.9. The number of nitrogens with zero attached hydrogens (tertiary/aromatic N) is 1. The fourth-order valence-electron chi connectivity index (χ4n) is 5.45. The molecule has 2 amide bonds. The van der Waals surface area contributed by atoms with Crippen LogP contribution in [0.5, 0.6) is 11.5 Å². The minimum atomic E-state index is -0.0811. The monoisotopic (exact) mass is 361 g/mol. The van der Waals surface area contributed by atoms with Gasteiger partial charge in [-0.15, -0.1) is 0 Å². The number of ether oxygens (including phenoxy) is 1. The highest BCUT2D eigenvalue weighted by Crippen LogP contribution is 2.56. The molecule has 5 rings (SSSR count). The molecule has 0 unspecified atom stereocenters. The molecule has 27 heavy (non-hydrogen) atoms. The lowest BCUT2D eigenvalue weighted by molar-refractivity contribution is -0.123. The van der Waals surface area contributed by atoms with Crippen LogP contribution in [0.25, 0.3) is 0 Å². The summed E-state index contributed by atoms with van der Waals surface area (Å²) in [7, 11) is 0.